The minimum Gasteiger partial charge on any atom is -0.484 e. The summed E-state index contributed by atoms with van der Waals surface area (Å²) in [7, 11) is 0. The maximum absolute atomic E-state index is 13.6. The number of nitrogens with zero attached hydrogens (tertiary/aromatic N) is 3. The summed E-state index contributed by atoms with van der Waals surface area (Å²) >= 11 is 0. The lowest BCUT2D eigenvalue weighted by Gasteiger charge is -2.07. The van der Waals surface area contributed by atoms with Crippen LogP contribution in [0.3, 0.4) is 0 Å². The molecule has 0 amide bonds. The van der Waals surface area contributed by atoms with Gasteiger partial charge in [-0.3, -0.25) is 4.98 Å². The van der Waals surface area contributed by atoms with Crippen molar-refractivity contribution in [1.82, 2.24) is 9.97 Å². The second kappa shape index (κ2) is 6.48. The van der Waals surface area contributed by atoms with Crippen LogP contribution in [0.1, 0.15) is 18.2 Å². The van der Waals surface area contributed by atoms with E-state index < -0.39 is 5.82 Å². The number of nitrogens with one attached hydrogen (secondary N) is 1. The highest BCUT2D eigenvalue weighted by Gasteiger charge is 2.06. The number of halogens is 1. The molecule has 6 heteroatoms. The molecule has 1 heterocycles. The second-order valence-corrected chi connectivity index (χ2v) is 3.97. The van der Waals surface area contributed by atoms with Gasteiger partial charge in [0.25, 0.3) is 0 Å². The summed E-state index contributed by atoms with van der Waals surface area (Å²) < 4.78 is 18.9. The van der Waals surface area contributed by atoms with E-state index in [9.17, 15) is 4.39 Å². The van der Waals surface area contributed by atoms with Crippen molar-refractivity contribution in [2.45, 2.75) is 13.5 Å². The maximum Gasteiger partial charge on any atom is 0.166 e. The quantitative estimate of drug-likeness (QED) is 0.905. The first-order valence-electron chi connectivity index (χ1n) is 6.10. The Bertz CT molecular complexity index is 622. The first kappa shape index (κ1) is 13.7. The van der Waals surface area contributed by atoms with E-state index in [0.717, 1.165) is 12.6 Å². The minimum absolute atomic E-state index is 0.0848. The number of nitriles is 1. The van der Waals surface area contributed by atoms with E-state index in [2.05, 4.69) is 15.3 Å². The first-order valence-corrected chi connectivity index (χ1v) is 6.10. The molecule has 0 spiro atoms. The molecular weight excluding hydrogens is 259 g/mol. The van der Waals surface area contributed by atoms with E-state index in [4.69, 9.17) is 10.00 Å². The van der Waals surface area contributed by atoms with Gasteiger partial charge in [0, 0.05) is 6.54 Å². The Balaban J connectivity index is 2.00. The summed E-state index contributed by atoms with van der Waals surface area (Å²) in [5.41, 5.74) is 0.847. The second-order valence-electron chi connectivity index (χ2n) is 3.97. The SMILES string of the molecule is CCNc1cnc(COc2ccc(C#N)cc2F)cn1. The molecule has 0 saturated carbocycles. The number of anilines is 1. The number of aromatic nitrogens is 2. The summed E-state index contributed by atoms with van der Waals surface area (Å²) in [5, 5.41) is 11.7. The fourth-order valence-electron chi connectivity index (χ4n) is 1.54. The molecule has 1 aromatic heterocycles. The van der Waals surface area contributed by atoms with Gasteiger partial charge in [0.15, 0.2) is 11.6 Å². The third-order valence-electron chi connectivity index (χ3n) is 2.50. The average Bonchev–Trinajstić information content (AvgIpc) is 2.48. The predicted molar refractivity (Wildman–Crippen MR) is 71.6 cm³/mol. The van der Waals surface area contributed by atoms with Gasteiger partial charge in [-0.15, -0.1) is 0 Å². The van der Waals surface area contributed by atoms with Crippen molar-refractivity contribution >= 4 is 5.82 Å². The Morgan fingerprint density at radius 1 is 1.35 bits per heavy atom. The summed E-state index contributed by atoms with van der Waals surface area (Å²) in [4.78, 5) is 8.29. The standard InChI is InChI=1S/C14H13FN4O/c1-2-17-14-8-18-11(7-19-14)9-20-13-4-3-10(6-16)5-12(13)15/h3-5,7-8H,2,9H2,1H3,(H,17,19). The van der Waals surface area contributed by atoms with Crippen LogP contribution in [0.2, 0.25) is 0 Å². The van der Waals surface area contributed by atoms with Gasteiger partial charge >= 0.3 is 0 Å². The molecule has 1 N–H and O–H groups in total. The van der Waals surface area contributed by atoms with Crippen LogP contribution in [-0.4, -0.2) is 16.5 Å². The molecule has 0 radical (unpaired) electrons. The molecule has 0 aliphatic carbocycles. The number of ether oxygens (including phenoxy) is 1. The highest BCUT2D eigenvalue weighted by molar-refractivity contribution is 5.36. The van der Waals surface area contributed by atoms with Gasteiger partial charge in [-0.05, 0) is 25.1 Å². The van der Waals surface area contributed by atoms with Crippen LogP contribution < -0.4 is 10.1 Å². The van der Waals surface area contributed by atoms with Gasteiger partial charge in [-0.2, -0.15) is 5.26 Å². The van der Waals surface area contributed by atoms with Gasteiger partial charge in [0.05, 0.1) is 29.7 Å². The molecule has 2 aromatic rings. The molecule has 0 fully saturated rings. The van der Waals surface area contributed by atoms with Crippen molar-refractivity contribution in [3.8, 4) is 11.8 Å². The summed E-state index contributed by atoms with van der Waals surface area (Å²) in [6.45, 7) is 2.84. The van der Waals surface area contributed by atoms with Crippen molar-refractivity contribution in [1.29, 1.82) is 5.26 Å². The lowest BCUT2D eigenvalue weighted by molar-refractivity contribution is 0.285. The van der Waals surface area contributed by atoms with Gasteiger partial charge < -0.3 is 10.1 Å². The van der Waals surface area contributed by atoms with E-state index in [1.807, 2.05) is 13.0 Å². The molecule has 0 aliphatic heterocycles. The van der Waals surface area contributed by atoms with Gasteiger partial charge in [0.2, 0.25) is 0 Å². The predicted octanol–water partition coefficient (Wildman–Crippen LogP) is 2.50. The molecule has 1 aromatic carbocycles. The zero-order valence-corrected chi connectivity index (χ0v) is 10.9. The lowest BCUT2D eigenvalue weighted by Crippen LogP contribution is -2.04. The fourth-order valence-corrected chi connectivity index (χ4v) is 1.54. The molecule has 0 bridgehead atoms. The van der Waals surface area contributed by atoms with Crippen molar-refractivity contribution < 1.29 is 9.13 Å². The number of hydrogen-bond acceptors (Lipinski definition) is 5. The third kappa shape index (κ3) is 3.42. The smallest absolute Gasteiger partial charge is 0.166 e. The molecular formula is C14H13FN4O. The highest BCUT2D eigenvalue weighted by Crippen LogP contribution is 2.19. The molecule has 0 unspecified atom stereocenters. The van der Waals surface area contributed by atoms with Gasteiger partial charge in [0.1, 0.15) is 12.4 Å². The first-order chi connectivity index (χ1) is 9.72. The Morgan fingerprint density at radius 3 is 2.80 bits per heavy atom. The van der Waals surface area contributed by atoms with Gasteiger partial charge in [-0.25, -0.2) is 9.37 Å². The Hall–Kier alpha value is -2.68. The molecule has 0 saturated heterocycles. The number of rotatable bonds is 5. The summed E-state index contributed by atoms with van der Waals surface area (Å²) in [6.07, 6.45) is 3.16. The monoisotopic (exact) mass is 272 g/mol. The zero-order valence-electron chi connectivity index (χ0n) is 10.9. The van der Waals surface area contributed by atoms with E-state index in [-0.39, 0.29) is 17.9 Å². The van der Waals surface area contributed by atoms with E-state index >= 15 is 0 Å². The van der Waals surface area contributed by atoms with Crippen LogP contribution >= 0.6 is 0 Å². The molecule has 102 valence electrons. The summed E-state index contributed by atoms with van der Waals surface area (Å²) in [6, 6.07) is 5.92. The van der Waals surface area contributed by atoms with E-state index in [1.54, 1.807) is 12.4 Å². The normalized spacial score (nSPS) is 9.85. The van der Waals surface area contributed by atoms with Crippen LogP contribution in [0, 0.1) is 17.1 Å². The Kier molecular flexibility index (Phi) is 4.45. The highest BCUT2D eigenvalue weighted by atomic mass is 19.1. The number of benzene rings is 1. The van der Waals surface area contributed by atoms with Crippen LogP contribution in [0.15, 0.2) is 30.6 Å². The van der Waals surface area contributed by atoms with Gasteiger partial charge in [-0.1, -0.05) is 0 Å². The van der Waals surface area contributed by atoms with Crippen LogP contribution in [0.4, 0.5) is 10.2 Å². The Morgan fingerprint density at radius 2 is 2.20 bits per heavy atom. The number of hydrogen-bond donors (Lipinski definition) is 1. The third-order valence-corrected chi connectivity index (χ3v) is 2.50. The maximum atomic E-state index is 13.6. The summed E-state index contributed by atoms with van der Waals surface area (Å²) in [5.74, 6) is 0.198. The average molecular weight is 272 g/mol. The van der Waals surface area contributed by atoms with Crippen molar-refractivity contribution in [3.05, 3.63) is 47.7 Å². The van der Waals surface area contributed by atoms with Crippen LogP contribution in [0.5, 0.6) is 5.75 Å². The van der Waals surface area contributed by atoms with Crippen LogP contribution in [-0.2, 0) is 6.61 Å². The Labute approximate surface area is 116 Å². The van der Waals surface area contributed by atoms with Crippen LogP contribution in [0.25, 0.3) is 0 Å². The lowest BCUT2D eigenvalue weighted by atomic mass is 10.2. The molecule has 20 heavy (non-hydrogen) atoms. The van der Waals surface area contributed by atoms with Crippen molar-refractivity contribution in [2.24, 2.45) is 0 Å². The topological polar surface area (TPSA) is 70.8 Å². The molecule has 5 nitrogen and oxygen atoms in total. The van der Waals surface area contributed by atoms with E-state index in [0.29, 0.717) is 11.5 Å². The molecule has 2 rings (SSSR count). The van der Waals surface area contributed by atoms with Crippen molar-refractivity contribution in [3.63, 3.8) is 0 Å². The molecule has 0 atom stereocenters. The minimum atomic E-state index is -0.568. The zero-order chi connectivity index (χ0) is 14.4. The largest absolute Gasteiger partial charge is 0.484 e. The van der Waals surface area contributed by atoms with E-state index in [1.165, 1.54) is 12.1 Å². The van der Waals surface area contributed by atoms with Crippen molar-refractivity contribution in [2.75, 3.05) is 11.9 Å². The fraction of sp³-hybridized carbons (Fsp3) is 0.214. The molecule has 0 aliphatic rings.